The summed E-state index contributed by atoms with van der Waals surface area (Å²) in [6.45, 7) is 0.969. The molecule has 0 aliphatic carbocycles. The van der Waals surface area contributed by atoms with Crippen LogP contribution in [-0.4, -0.2) is 63.3 Å². The van der Waals surface area contributed by atoms with Gasteiger partial charge in [0.05, 0.1) is 15.8 Å². The molecule has 0 bridgehead atoms. The molecule has 2 amide bonds. The first-order valence-corrected chi connectivity index (χ1v) is 11.5. The van der Waals surface area contributed by atoms with E-state index in [1.165, 1.54) is 24.8 Å². The number of carboxylic acid groups (broad SMARTS) is 1. The number of hydrogen-bond donors (Lipinski definition) is 2. The number of nitrogens with zero attached hydrogens (tertiary/aromatic N) is 1. The maximum absolute atomic E-state index is 13.6. The van der Waals surface area contributed by atoms with Gasteiger partial charge in [0, 0.05) is 23.1 Å². The number of nitrogens with one attached hydrogen (secondary N) is 1. The zero-order valence-electron chi connectivity index (χ0n) is 15.8. The van der Waals surface area contributed by atoms with Crippen LogP contribution in [0.3, 0.4) is 0 Å². The molecule has 2 N–H and O–H groups in total. The Bertz CT molecular complexity index is 1010. The Kier molecular flexibility index (Phi) is 7.40. The van der Waals surface area contributed by atoms with E-state index in [-0.39, 0.29) is 33.9 Å². The van der Waals surface area contributed by atoms with Crippen molar-refractivity contribution in [2.75, 3.05) is 18.1 Å². The average molecular weight is 509 g/mol. The van der Waals surface area contributed by atoms with Gasteiger partial charge in [-0.1, -0.05) is 23.2 Å². The molecule has 1 fully saturated rings. The lowest BCUT2D eigenvalue weighted by molar-refractivity contribution is -0.150. The number of carboxylic acids is 1. The lowest BCUT2D eigenvalue weighted by atomic mass is 10.0. The number of esters is 1. The molecular formula is C18H15Cl2FN2O6S2. The summed E-state index contributed by atoms with van der Waals surface area (Å²) < 4.78 is 18.5. The molecule has 1 saturated heterocycles. The molecule has 2 heterocycles. The van der Waals surface area contributed by atoms with Crippen molar-refractivity contribution in [1.82, 2.24) is 10.2 Å². The highest BCUT2D eigenvalue weighted by Crippen LogP contribution is 2.40. The van der Waals surface area contributed by atoms with Gasteiger partial charge in [-0.05, 0) is 12.1 Å². The molecule has 166 valence electrons. The summed E-state index contributed by atoms with van der Waals surface area (Å²) in [5.41, 5.74) is 0.0651. The molecular weight excluding hydrogens is 494 g/mol. The van der Waals surface area contributed by atoms with Gasteiger partial charge in [-0.3, -0.25) is 19.3 Å². The minimum absolute atomic E-state index is 0.136. The van der Waals surface area contributed by atoms with Gasteiger partial charge in [0.15, 0.2) is 0 Å². The Labute approximate surface area is 194 Å². The van der Waals surface area contributed by atoms with E-state index in [0.717, 1.165) is 22.7 Å². The maximum atomic E-state index is 13.6. The van der Waals surface area contributed by atoms with Crippen molar-refractivity contribution in [2.45, 2.75) is 23.2 Å². The molecule has 13 heteroatoms. The monoisotopic (exact) mass is 508 g/mol. The number of rotatable bonds is 7. The number of halogens is 3. The number of β-lactam (4-membered cyclic amide) rings is 1. The molecule has 2 atom stereocenters. The molecule has 2 aliphatic heterocycles. The molecule has 0 spiro atoms. The molecule has 1 aromatic rings. The Hall–Kier alpha value is -1.95. The number of ether oxygens (including phenoxy) is 1. The highest BCUT2D eigenvalue weighted by molar-refractivity contribution is 8.00. The van der Waals surface area contributed by atoms with Crippen LogP contribution in [0.2, 0.25) is 10.0 Å². The minimum atomic E-state index is -1.32. The Morgan fingerprint density at radius 1 is 1.35 bits per heavy atom. The van der Waals surface area contributed by atoms with Gasteiger partial charge in [0.2, 0.25) is 5.91 Å². The normalized spacial score (nSPS) is 20.1. The first-order chi connectivity index (χ1) is 14.6. The first kappa shape index (κ1) is 23.7. The highest BCUT2D eigenvalue weighted by atomic mass is 35.5. The quantitative estimate of drug-likeness (QED) is 0.250. The number of benzene rings is 1. The van der Waals surface area contributed by atoms with E-state index in [0.29, 0.717) is 10.5 Å². The number of aliphatic carboxylic acids is 1. The molecule has 0 unspecified atom stereocenters. The van der Waals surface area contributed by atoms with Gasteiger partial charge in [0.25, 0.3) is 5.91 Å². The first-order valence-electron chi connectivity index (χ1n) is 8.70. The van der Waals surface area contributed by atoms with E-state index in [9.17, 15) is 28.7 Å². The fourth-order valence-electron chi connectivity index (χ4n) is 2.96. The van der Waals surface area contributed by atoms with Crippen molar-refractivity contribution in [1.29, 1.82) is 0 Å². The minimum Gasteiger partial charge on any atom is -0.477 e. The van der Waals surface area contributed by atoms with Crippen LogP contribution in [0.15, 0.2) is 28.3 Å². The molecule has 3 rings (SSSR count). The molecule has 31 heavy (non-hydrogen) atoms. The fraction of sp³-hybridized carbons (Fsp3) is 0.333. The summed E-state index contributed by atoms with van der Waals surface area (Å²) in [5, 5.41) is 11.5. The average Bonchev–Trinajstić information content (AvgIpc) is 2.71. The van der Waals surface area contributed by atoms with Gasteiger partial charge in [-0.15, -0.1) is 23.5 Å². The third-order valence-corrected chi connectivity index (χ3v) is 7.46. The van der Waals surface area contributed by atoms with E-state index in [1.54, 1.807) is 0 Å². The van der Waals surface area contributed by atoms with E-state index in [2.05, 4.69) is 5.32 Å². The lowest BCUT2D eigenvalue weighted by Crippen LogP contribution is -2.70. The van der Waals surface area contributed by atoms with Crippen molar-refractivity contribution in [3.8, 4) is 0 Å². The van der Waals surface area contributed by atoms with Crippen molar-refractivity contribution in [2.24, 2.45) is 0 Å². The number of amides is 2. The third kappa shape index (κ3) is 5.11. The topological polar surface area (TPSA) is 113 Å². The molecule has 2 aliphatic rings. The van der Waals surface area contributed by atoms with Gasteiger partial charge in [-0.2, -0.15) is 0 Å². The summed E-state index contributed by atoms with van der Waals surface area (Å²) in [6, 6.07) is 1.45. The van der Waals surface area contributed by atoms with E-state index < -0.39 is 41.0 Å². The Balaban J connectivity index is 1.63. The fourth-order valence-corrected chi connectivity index (χ4v) is 5.58. The number of thioether (sulfide) groups is 2. The lowest BCUT2D eigenvalue weighted by Gasteiger charge is -2.49. The summed E-state index contributed by atoms with van der Waals surface area (Å²) in [4.78, 5) is 48.9. The van der Waals surface area contributed by atoms with E-state index in [4.69, 9.17) is 27.9 Å². The van der Waals surface area contributed by atoms with Crippen LogP contribution < -0.4 is 5.32 Å². The Morgan fingerprint density at radius 2 is 2.06 bits per heavy atom. The molecule has 8 nitrogen and oxygen atoms in total. The van der Waals surface area contributed by atoms with Gasteiger partial charge in [-0.25, -0.2) is 9.18 Å². The largest absolute Gasteiger partial charge is 0.477 e. The molecule has 0 aromatic heterocycles. The van der Waals surface area contributed by atoms with Crippen molar-refractivity contribution in [3.05, 3.63) is 39.3 Å². The summed E-state index contributed by atoms with van der Waals surface area (Å²) >= 11 is 13.9. The van der Waals surface area contributed by atoms with Crippen LogP contribution in [-0.2, 0) is 23.9 Å². The summed E-state index contributed by atoms with van der Waals surface area (Å²) in [6.07, 6.45) is 0. The van der Waals surface area contributed by atoms with Crippen molar-refractivity contribution >= 4 is 70.5 Å². The van der Waals surface area contributed by atoms with Gasteiger partial charge < -0.3 is 15.2 Å². The number of fused-ring (bicyclic) bond motifs is 1. The van der Waals surface area contributed by atoms with Crippen molar-refractivity contribution in [3.63, 3.8) is 0 Å². The van der Waals surface area contributed by atoms with Crippen LogP contribution in [0.1, 0.15) is 6.92 Å². The molecule has 1 aromatic carbocycles. The summed E-state index contributed by atoms with van der Waals surface area (Å²) in [5.74, 6) is -3.55. The predicted octanol–water partition coefficient (Wildman–Crippen LogP) is 2.53. The van der Waals surface area contributed by atoms with Gasteiger partial charge >= 0.3 is 11.9 Å². The molecule has 0 radical (unpaired) electrons. The van der Waals surface area contributed by atoms with Gasteiger partial charge in [0.1, 0.15) is 29.5 Å². The zero-order valence-corrected chi connectivity index (χ0v) is 19.0. The van der Waals surface area contributed by atoms with E-state index in [1.807, 2.05) is 0 Å². The smallest absolute Gasteiger partial charge is 0.352 e. The predicted molar refractivity (Wildman–Crippen MR) is 113 cm³/mol. The zero-order chi connectivity index (χ0) is 22.9. The van der Waals surface area contributed by atoms with Crippen LogP contribution in [0.25, 0.3) is 0 Å². The second-order valence-corrected chi connectivity index (χ2v) is 9.41. The van der Waals surface area contributed by atoms with Crippen LogP contribution in [0.4, 0.5) is 4.39 Å². The highest BCUT2D eigenvalue weighted by Gasteiger charge is 2.54. The second kappa shape index (κ2) is 9.68. The third-order valence-electron chi connectivity index (χ3n) is 4.35. The van der Waals surface area contributed by atoms with Crippen LogP contribution in [0.5, 0.6) is 0 Å². The van der Waals surface area contributed by atoms with Crippen LogP contribution >= 0.6 is 46.7 Å². The van der Waals surface area contributed by atoms with Crippen molar-refractivity contribution < 1.29 is 33.4 Å². The number of carbonyl (C=O) groups is 4. The maximum Gasteiger partial charge on any atom is 0.352 e. The van der Waals surface area contributed by atoms with E-state index >= 15 is 0 Å². The number of carbonyl (C=O) groups excluding carboxylic acids is 3. The Morgan fingerprint density at radius 3 is 2.71 bits per heavy atom. The molecule has 0 saturated carbocycles. The SMILES string of the molecule is CC(=O)OCC1=C(C(=O)O)N2C(=O)[C@@H](NC(=O)CSc3cc(F)c(Cl)cc3Cl)[C@H]2SC1. The summed E-state index contributed by atoms with van der Waals surface area (Å²) in [7, 11) is 0. The standard InChI is InChI=1S/C18H15Cl2FN2O6S2/c1-7(24)29-4-8-5-31-17-14(16(26)23(17)15(8)18(27)28)22-13(25)6-30-12-3-11(21)9(19)2-10(12)20/h2-3,14,17H,4-6H2,1H3,(H,22,25)(H,27,28)/t14-,17-/m1/s1. The number of hydrogen-bond acceptors (Lipinski definition) is 7. The van der Waals surface area contributed by atoms with Crippen LogP contribution in [0, 0.1) is 5.82 Å². The second-order valence-electron chi connectivity index (χ2n) is 6.48.